The molecule has 0 aromatic heterocycles. The number of unbranched alkanes of at least 4 members (excludes halogenated alkanes) is 3. The minimum atomic E-state index is -3.57. The Labute approximate surface area is 594 Å². The Kier molecular flexibility index (Phi) is 42.9. The van der Waals surface area contributed by atoms with Gasteiger partial charge in [0.2, 0.25) is 0 Å². The number of hydrogen-bond acceptors (Lipinski definition) is 9. The molecule has 7 aromatic carbocycles. The summed E-state index contributed by atoms with van der Waals surface area (Å²) in [5.41, 5.74) is 8.39. The first-order valence-corrected chi connectivity index (χ1v) is 38.3. The summed E-state index contributed by atoms with van der Waals surface area (Å²) in [5, 5.41) is 11.7. The van der Waals surface area contributed by atoms with E-state index in [-0.39, 0.29) is 128 Å². The number of carbonyl (C=O) groups is 1. The van der Waals surface area contributed by atoms with Gasteiger partial charge in [-0.05, 0) is 91.6 Å². The largest absolute Gasteiger partial charge is 1.00 e. The first-order valence-electron chi connectivity index (χ1n) is 28.6. The van der Waals surface area contributed by atoms with Crippen LogP contribution in [0.1, 0.15) is 108 Å². The number of halogens is 1. The summed E-state index contributed by atoms with van der Waals surface area (Å²) in [5.74, 6) is 1.45. The van der Waals surface area contributed by atoms with E-state index in [1.165, 1.54) is 61.3 Å². The molecule has 0 aliphatic carbocycles. The Morgan fingerprint density at radius 1 is 0.537 bits per heavy atom. The van der Waals surface area contributed by atoms with Crippen LogP contribution in [0.5, 0.6) is 0 Å². The molecule has 7 aromatic rings. The summed E-state index contributed by atoms with van der Waals surface area (Å²) in [6, 6.07) is 66.8. The second kappa shape index (κ2) is 45.2. The molecule has 0 saturated carbocycles. The summed E-state index contributed by atoms with van der Waals surface area (Å²) >= 11 is 1.15. The molecule has 0 aliphatic rings. The summed E-state index contributed by atoms with van der Waals surface area (Å²) in [6.45, 7) is 24.0. The Bertz CT molecular complexity index is 2740. The first-order chi connectivity index (χ1) is 38.5. The summed E-state index contributed by atoms with van der Waals surface area (Å²) in [6.07, 6.45) is 8.29. The molecule has 0 atom stereocenters. The molecule has 14 heteroatoms. The Balaban J connectivity index is 0.00000110. The predicted molar refractivity (Wildman–Crippen MR) is 345 cm³/mol. The minimum absolute atomic E-state index is 0. The smallest absolute Gasteiger partial charge is 1.00 e. The Hall–Kier alpha value is -2.17. The second-order valence-electron chi connectivity index (χ2n) is 21.3. The zero-order chi connectivity index (χ0) is 58.6. The summed E-state index contributed by atoms with van der Waals surface area (Å²) in [7, 11) is -3.57. The molecule has 1 N–H and O–H groups in total. The van der Waals surface area contributed by atoms with E-state index in [4.69, 9.17) is 14.2 Å². The van der Waals surface area contributed by atoms with Crippen molar-refractivity contribution in [3.05, 3.63) is 204 Å². The predicted octanol–water partition coefficient (Wildman–Crippen LogP) is 12.1. The molecular formula is C68H92BrK2N3O6SSn. The molecule has 7 rings (SSSR count). The van der Waals surface area contributed by atoms with Crippen LogP contribution in [-0.4, -0.2) is 53.0 Å². The van der Waals surface area contributed by atoms with Crippen LogP contribution in [0.15, 0.2) is 203 Å². The normalized spacial score (nSPS) is 10.6. The van der Waals surface area contributed by atoms with E-state index in [1.807, 2.05) is 81.4 Å². The van der Waals surface area contributed by atoms with Gasteiger partial charge in [0.05, 0.1) is 11.5 Å². The number of rotatable bonds is 25. The van der Waals surface area contributed by atoms with Crippen LogP contribution in [-0.2, 0) is 24.0 Å². The molecule has 0 radical (unpaired) electrons. The van der Waals surface area contributed by atoms with Gasteiger partial charge in [0.25, 0.3) is 16.6 Å². The number of anilines is 6. The van der Waals surface area contributed by atoms with Crippen molar-refractivity contribution in [3.8, 4) is 0 Å². The summed E-state index contributed by atoms with van der Waals surface area (Å²) < 4.78 is 35.7. The molecular weight excluding hydrogens is 1260 g/mol. The average molecular weight is 1360 g/mol. The third-order valence-corrected chi connectivity index (χ3v) is 30.4. The maximum Gasteiger partial charge on any atom is 1.00 e. The van der Waals surface area contributed by atoms with Crippen molar-refractivity contribution in [1.82, 2.24) is 0 Å². The fourth-order valence-electron chi connectivity index (χ4n) is 8.84. The van der Waals surface area contributed by atoms with Crippen LogP contribution in [0.4, 0.5) is 34.1 Å². The fraction of sp³-hybridized carbons (Fsp3) is 0.368. The van der Waals surface area contributed by atoms with E-state index in [0.29, 0.717) is 11.8 Å². The molecule has 0 saturated heterocycles. The topological polar surface area (TPSA) is 111 Å². The van der Waals surface area contributed by atoms with E-state index in [2.05, 4.69) is 194 Å². The van der Waals surface area contributed by atoms with Crippen LogP contribution < -0.4 is 127 Å². The van der Waals surface area contributed by atoms with Gasteiger partial charge in [0.15, 0.2) is 0 Å². The third-order valence-electron chi connectivity index (χ3n) is 12.9. The van der Waals surface area contributed by atoms with Gasteiger partial charge in [-0.25, -0.2) is 0 Å². The van der Waals surface area contributed by atoms with Gasteiger partial charge in [-0.3, -0.25) is 8.98 Å². The van der Waals surface area contributed by atoms with Crippen molar-refractivity contribution in [2.75, 3.05) is 34.8 Å². The Morgan fingerprint density at radius 2 is 0.878 bits per heavy atom. The molecule has 9 nitrogen and oxygen atoms in total. The first kappa shape index (κ1) is 77.8. The number of hydrogen-bond donors (Lipinski definition) is 1. The number of para-hydroxylation sites is 4. The van der Waals surface area contributed by atoms with Gasteiger partial charge in [0, 0.05) is 33.8 Å². The van der Waals surface area contributed by atoms with Crippen LogP contribution in [0.2, 0.25) is 13.3 Å². The van der Waals surface area contributed by atoms with Crippen molar-refractivity contribution < 1.29 is 132 Å². The van der Waals surface area contributed by atoms with E-state index in [1.54, 1.807) is 41.2 Å². The SMILES string of the molecule is CC(C)CN(c1ccccc1)c1ccc(Br)cc1.CCC[CH2][Sn]([CH2]CCC)([CH2]CCC)[c]1ccc(N(CC(C)C)c2ccccc2)cc1.Cc1ccc(S(=O)(=O)OCC(C)C)cc1.O=CO[O-].[H-].[K+].[K+].c1ccc(Nc2ccccc2)cc1. The van der Waals surface area contributed by atoms with Crippen molar-refractivity contribution in [1.29, 1.82) is 0 Å². The van der Waals surface area contributed by atoms with Crippen LogP contribution in [0.25, 0.3) is 0 Å². The summed E-state index contributed by atoms with van der Waals surface area (Å²) in [4.78, 5) is 16.3. The quantitative estimate of drug-likeness (QED) is 0.0197. The Morgan fingerprint density at radius 3 is 1.21 bits per heavy atom. The van der Waals surface area contributed by atoms with Crippen LogP contribution in [0.3, 0.4) is 0 Å². The number of benzene rings is 7. The molecule has 0 heterocycles. The van der Waals surface area contributed by atoms with E-state index in [9.17, 15) is 8.42 Å². The zero-order valence-electron chi connectivity index (χ0n) is 52.4. The number of nitrogens with zero attached hydrogens (tertiary/aromatic N) is 2. The minimum Gasteiger partial charge on any atom is -1.00 e. The van der Waals surface area contributed by atoms with Gasteiger partial charge >= 0.3 is 295 Å². The van der Waals surface area contributed by atoms with Gasteiger partial charge in [0.1, 0.15) is 0 Å². The molecule has 434 valence electrons. The molecule has 0 bridgehead atoms. The van der Waals surface area contributed by atoms with Crippen LogP contribution >= 0.6 is 15.9 Å². The fourth-order valence-corrected chi connectivity index (χ4v) is 26.1. The van der Waals surface area contributed by atoms with Crippen LogP contribution in [0, 0.1) is 24.7 Å². The molecule has 0 amide bonds. The van der Waals surface area contributed by atoms with Gasteiger partial charge in [-0.15, -0.1) is 0 Å². The zero-order valence-corrected chi connectivity index (χ0v) is 62.9. The van der Waals surface area contributed by atoms with Gasteiger partial charge < -0.3 is 21.8 Å². The van der Waals surface area contributed by atoms with Crippen molar-refractivity contribution in [3.63, 3.8) is 0 Å². The van der Waals surface area contributed by atoms with E-state index < -0.39 is 28.5 Å². The standard InChI is InChI=1S/C16H18BrN.C16H18N.C12H11N.C11H16O3S.3C4H9.CH2O3.2K.Sn.H/c1-13(2)12-18(15-6-4-3-5-7-15)16-10-8-14(17)9-11-16;1-14(2)13-17(15-9-5-3-6-10-15)16-11-7-4-8-12-16;1-3-7-11(8-4-1)13-12-9-5-2-6-10-12;1-9(2)8-14-15(12,13)11-6-4-10(3)5-7-11;3*1-3-4-2;2-1-4-3;;;;/h3-11,13H,12H2,1-2H3;3,5-12,14H,13H2,1-2H3;1-10,13H;4-7,9H,8H2,1-3H3;3*1,3-4H2,2H3;1,3H;;;;/q;;;;;;;;2*+1;;-1/p-1. The average Bonchev–Trinajstić information content (AvgIpc) is 3.52. The monoisotopic (exact) mass is 1360 g/mol. The molecule has 82 heavy (non-hydrogen) atoms. The van der Waals surface area contributed by atoms with Gasteiger partial charge in [-0.2, -0.15) is 8.42 Å². The second-order valence-corrected chi connectivity index (χ2v) is 37.1. The molecule has 0 unspecified atom stereocenters. The van der Waals surface area contributed by atoms with Crippen molar-refractivity contribution >= 4 is 88.6 Å². The van der Waals surface area contributed by atoms with Gasteiger partial charge in [-0.1, -0.05) is 116 Å². The number of carbonyl (C=O) groups excluding carboxylic acids is 1. The number of aryl methyl sites for hydroxylation is 1. The maximum absolute atomic E-state index is 11.6. The van der Waals surface area contributed by atoms with E-state index >= 15 is 0 Å². The number of nitrogens with one attached hydrogen (secondary N) is 1. The molecule has 0 spiro atoms. The molecule has 0 aliphatic heterocycles. The van der Waals surface area contributed by atoms with E-state index in [0.717, 1.165) is 34.5 Å². The van der Waals surface area contributed by atoms with Crippen molar-refractivity contribution in [2.45, 2.75) is 126 Å². The third kappa shape index (κ3) is 31.0. The maximum atomic E-state index is 11.6. The van der Waals surface area contributed by atoms with Crippen molar-refractivity contribution in [2.24, 2.45) is 17.8 Å². The molecule has 0 fully saturated rings.